The van der Waals surface area contributed by atoms with E-state index in [1.807, 2.05) is 40.7 Å². The van der Waals surface area contributed by atoms with E-state index in [0.29, 0.717) is 0 Å². The minimum Gasteiger partial charge on any atom is -0.320 e. The molecule has 2 N–H and O–H groups in total. The monoisotopic (exact) mass is 325 g/mol. The summed E-state index contributed by atoms with van der Waals surface area (Å²) in [5, 5.41) is 0. The van der Waals surface area contributed by atoms with Crippen LogP contribution in [0, 0.1) is 12.3 Å². The van der Waals surface area contributed by atoms with Crippen molar-refractivity contribution in [3.05, 3.63) is 35.4 Å². The van der Waals surface area contributed by atoms with Gasteiger partial charge in [0.25, 0.3) is 0 Å². The fourth-order valence-corrected chi connectivity index (χ4v) is 3.05. The lowest BCUT2D eigenvalue weighted by molar-refractivity contribution is -0.128. The molecule has 0 amide bonds. The van der Waals surface area contributed by atoms with Crippen molar-refractivity contribution in [1.29, 1.82) is 0 Å². The Labute approximate surface area is 142 Å². The summed E-state index contributed by atoms with van der Waals surface area (Å²) in [6, 6.07) is 7.90. The molecule has 128 valence electrons. The van der Waals surface area contributed by atoms with Crippen LogP contribution in [0.4, 0.5) is 0 Å². The molecule has 1 unspecified atom stereocenters. The first-order valence-electron chi connectivity index (χ1n) is 8.04. The van der Waals surface area contributed by atoms with Crippen LogP contribution in [0.5, 0.6) is 0 Å². The Kier molecular flexibility index (Phi) is 8.42. The molecule has 3 heteroatoms. The van der Waals surface area contributed by atoms with E-state index in [1.165, 1.54) is 11.1 Å². The van der Waals surface area contributed by atoms with Crippen molar-refractivity contribution >= 4 is 17.5 Å². The van der Waals surface area contributed by atoms with Crippen molar-refractivity contribution < 1.29 is 6.22 Å². The van der Waals surface area contributed by atoms with Crippen LogP contribution in [-0.4, -0.2) is 16.6 Å². The van der Waals surface area contributed by atoms with Crippen molar-refractivity contribution in [1.82, 2.24) is 0 Å². The Balaban J connectivity index is 0. The number of hydrogen-bond acceptors (Lipinski definition) is 3. The fraction of sp³-hybridized carbons (Fsp3) is 0.632. The first kappa shape index (κ1) is 21.2. The third-order valence-corrected chi connectivity index (χ3v) is 5.08. The minimum atomic E-state index is -0.448. The van der Waals surface area contributed by atoms with E-state index in [-0.39, 0.29) is 17.4 Å². The van der Waals surface area contributed by atoms with Gasteiger partial charge in [0.15, 0.2) is 5.78 Å². The second-order valence-electron chi connectivity index (χ2n) is 6.91. The van der Waals surface area contributed by atoms with Crippen LogP contribution in [0.25, 0.3) is 0 Å². The van der Waals surface area contributed by atoms with E-state index in [1.54, 1.807) is 11.8 Å². The van der Waals surface area contributed by atoms with Crippen LogP contribution in [0.2, 0.25) is 0 Å². The summed E-state index contributed by atoms with van der Waals surface area (Å²) in [4.78, 5) is 12.4. The molecule has 0 aliphatic rings. The lowest BCUT2D eigenvalue weighted by Crippen LogP contribution is -2.51. The molecule has 1 atom stereocenters. The SMILES string of the molecule is CC.Cc1ccccc1CSC(C)(C)C(N)C(=O)C(C)(C)C.[HH]. The zero-order valence-electron chi connectivity index (χ0n) is 15.5. The zero-order chi connectivity index (χ0) is 17.6. The number of Topliss-reactive ketones (excluding diaryl/α,β-unsaturated/α-hetero) is 1. The maximum atomic E-state index is 12.4. The average Bonchev–Trinajstić information content (AvgIpc) is 2.46. The first-order valence-corrected chi connectivity index (χ1v) is 9.02. The minimum absolute atomic E-state index is 0. The highest BCUT2D eigenvalue weighted by Gasteiger charge is 2.37. The largest absolute Gasteiger partial charge is 0.320 e. The molecule has 0 bridgehead atoms. The second kappa shape index (κ2) is 8.73. The van der Waals surface area contributed by atoms with Crippen LogP contribution in [0.3, 0.4) is 0 Å². The number of hydrogen-bond donors (Lipinski definition) is 1. The topological polar surface area (TPSA) is 43.1 Å². The number of thioether (sulfide) groups is 1. The van der Waals surface area contributed by atoms with Crippen LogP contribution < -0.4 is 5.73 Å². The van der Waals surface area contributed by atoms with Crippen molar-refractivity contribution in [2.75, 3.05) is 0 Å². The van der Waals surface area contributed by atoms with Crippen LogP contribution >= 0.6 is 11.8 Å². The summed E-state index contributed by atoms with van der Waals surface area (Å²) in [5.74, 6) is 1.00. The van der Waals surface area contributed by atoms with Gasteiger partial charge >= 0.3 is 0 Å². The maximum Gasteiger partial charge on any atom is 0.156 e. The van der Waals surface area contributed by atoms with E-state index < -0.39 is 6.04 Å². The summed E-state index contributed by atoms with van der Waals surface area (Å²) in [7, 11) is 0. The number of rotatable bonds is 5. The van der Waals surface area contributed by atoms with Gasteiger partial charge < -0.3 is 5.73 Å². The molecule has 22 heavy (non-hydrogen) atoms. The predicted molar refractivity (Wildman–Crippen MR) is 102 cm³/mol. The molecule has 0 saturated carbocycles. The summed E-state index contributed by atoms with van der Waals surface area (Å²) in [5.41, 5.74) is 8.41. The number of aryl methyl sites for hydroxylation is 1. The van der Waals surface area contributed by atoms with Crippen molar-refractivity contribution in [2.24, 2.45) is 11.1 Å². The molecule has 1 aromatic carbocycles. The second-order valence-corrected chi connectivity index (χ2v) is 8.54. The smallest absolute Gasteiger partial charge is 0.156 e. The molecule has 0 spiro atoms. The highest BCUT2D eigenvalue weighted by molar-refractivity contribution is 7.99. The van der Waals surface area contributed by atoms with E-state index in [2.05, 4.69) is 39.0 Å². The van der Waals surface area contributed by atoms with Gasteiger partial charge in [-0.15, -0.1) is 11.8 Å². The Morgan fingerprint density at radius 3 is 2.14 bits per heavy atom. The summed E-state index contributed by atoms with van der Waals surface area (Å²) < 4.78 is -0.271. The van der Waals surface area contributed by atoms with Gasteiger partial charge in [0.1, 0.15) is 0 Å². The quantitative estimate of drug-likeness (QED) is 0.807. The molecule has 2 nitrogen and oxygen atoms in total. The van der Waals surface area contributed by atoms with Gasteiger partial charge in [0.2, 0.25) is 0 Å². The summed E-state index contributed by atoms with van der Waals surface area (Å²) in [6.07, 6.45) is 0. The highest BCUT2D eigenvalue weighted by Crippen LogP contribution is 2.34. The molecule has 0 radical (unpaired) electrons. The van der Waals surface area contributed by atoms with E-state index >= 15 is 0 Å². The third kappa shape index (κ3) is 6.13. The fourth-order valence-electron chi connectivity index (χ4n) is 1.91. The normalized spacial score (nSPS) is 13.1. The molecule has 0 aliphatic carbocycles. The molecule has 0 heterocycles. The number of nitrogens with two attached hydrogens (primary N) is 1. The van der Waals surface area contributed by atoms with Gasteiger partial charge in [-0.05, 0) is 31.9 Å². The Morgan fingerprint density at radius 2 is 1.68 bits per heavy atom. The van der Waals surface area contributed by atoms with Crippen LogP contribution in [-0.2, 0) is 10.5 Å². The zero-order valence-corrected chi connectivity index (χ0v) is 16.3. The Hall–Kier alpha value is -0.800. The average molecular weight is 326 g/mol. The van der Waals surface area contributed by atoms with E-state index in [0.717, 1.165) is 5.75 Å². The standard InChI is InChI=1S/C17H27NOS.C2H6.H2/c1-12-9-7-8-10-13(12)11-20-17(5,6)14(18)15(19)16(2,3)4;1-2;/h7-10,14H,11,18H2,1-6H3;1-2H3;1H. The lowest BCUT2D eigenvalue weighted by Gasteiger charge is -2.34. The van der Waals surface area contributed by atoms with Gasteiger partial charge in [-0.2, -0.15) is 0 Å². The molecular weight excluding hydrogens is 290 g/mol. The number of carbonyl (C=O) groups excluding carboxylic acids is 1. The van der Waals surface area contributed by atoms with Crippen molar-refractivity contribution in [2.45, 2.75) is 71.9 Å². The van der Waals surface area contributed by atoms with Crippen LogP contribution in [0.15, 0.2) is 24.3 Å². The number of carbonyl (C=O) groups is 1. The van der Waals surface area contributed by atoms with E-state index in [9.17, 15) is 4.79 Å². The first-order chi connectivity index (χ1) is 10.1. The molecule has 0 fully saturated rings. The lowest BCUT2D eigenvalue weighted by atomic mass is 9.82. The maximum absolute atomic E-state index is 12.4. The highest BCUT2D eigenvalue weighted by atomic mass is 32.2. The van der Waals surface area contributed by atoms with Gasteiger partial charge in [0, 0.05) is 17.3 Å². The molecule has 1 rings (SSSR count). The molecule has 1 aromatic rings. The van der Waals surface area contributed by atoms with Gasteiger partial charge in [0.05, 0.1) is 6.04 Å². The van der Waals surface area contributed by atoms with Gasteiger partial charge in [-0.1, -0.05) is 58.9 Å². The van der Waals surface area contributed by atoms with Crippen LogP contribution in [0.1, 0.15) is 61.0 Å². The predicted octanol–water partition coefficient (Wildman–Crippen LogP) is 5.22. The summed E-state index contributed by atoms with van der Waals surface area (Å²) >= 11 is 1.75. The summed E-state index contributed by atoms with van der Waals surface area (Å²) in [6.45, 7) is 16.0. The third-order valence-electron chi connectivity index (χ3n) is 3.63. The van der Waals surface area contributed by atoms with Gasteiger partial charge in [-0.3, -0.25) is 4.79 Å². The molecule has 0 aromatic heterocycles. The molecule has 0 saturated heterocycles. The van der Waals surface area contributed by atoms with Gasteiger partial charge in [-0.25, -0.2) is 0 Å². The van der Waals surface area contributed by atoms with Crippen molar-refractivity contribution in [3.63, 3.8) is 0 Å². The number of benzene rings is 1. The number of ketones is 1. The Morgan fingerprint density at radius 1 is 1.18 bits per heavy atom. The van der Waals surface area contributed by atoms with E-state index in [4.69, 9.17) is 5.73 Å². The Bertz CT molecular complexity index is 481. The van der Waals surface area contributed by atoms with Crippen molar-refractivity contribution in [3.8, 4) is 0 Å². The molecular formula is C19H35NOS. The molecule has 0 aliphatic heterocycles.